The molecule has 0 radical (unpaired) electrons. The lowest BCUT2D eigenvalue weighted by Gasteiger charge is -2.12. The molecule has 0 aromatic heterocycles. The van der Waals surface area contributed by atoms with E-state index >= 15 is 0 Å². The molecule has 0 fully saturated rings. The van der Waals surface area contributed by atoms with Crippen LogP contribution in [0.5, 0.6) is 17.2 Å². The molecule has 0 saturated carbocycles. The van der Waals surface area contributed by atoms with Gasteiger partial charge in [-0.3, -0.25) is 9.59 Å². The number of carbonyl (C=O) groups excluding carboxylic acids is 1. The summed E-state index contributed by atoms with van der Waals surface area (Å²) in [5, 5.41) is 27.7. The number of Topliss-reactive ketones (excluding diaryl/α,β-unsaturated/α-hetero) is 1. The minimum atomic E-state index is -1.39. The van der Waals surface area contributed by atoms with Crippen molar-refractivity contribution in [1.29, 1.82) is 0 Å². The van der Waals surface area contributed by atoms with Gasteiger partial charge in [-0.2, -0.15) is 0 Å². The average molecular weight is 240 g/mol. The number of aromatic hydroxyl groups is 2. The molecule has 0 heterocycles. The van der Waals surface area contributed by atoms with Crippen molar-refractivity contribution in [3.8, 4) is 17.2 Å². The van der Waals surface area contributed by atoms with E-state index in [1.54, 1.807) is 0 Å². The third kappa shape index (κ3) is 2.47. The summed E-state index contributed by atoms with van der Waals surface area (Å²) in [7, 11) is 1.25. The number of carboxylic acid groups (broad SMARTS) is 1. The van der Waals surface area contributed by atoms with Gasteiger partial charge in [-0.15, -0.1) is 0 Å². The highest BCUT2D eigenvalue weighted by molar-refractivity contribution is 6.02. The van der Waals surface area contributed by atoms with E-state index in [-0.39, 0.29) is 11.3 Å². The van der Waals surface area contributed by atoms with E-state index in [4.69, 9.17) is 9.84 Å². The molecule has 0 bridgehead atoms. The molecule has 0 saturated heterocycles. The average Bonchev–Trinajstić information content (AvgIpc) is 2.21. The molecule has 92 valence electrons. The van der Waals surface area contributed by atoms with Crippen LogP contribution in [-0.2, 0) is 9.59 Å². The van der Waals surface area contributed by atoms with Gasteiger partial charge in [0.2, 0.25) is 5.75 Å². The van der Waals surface area contributed by atoms with Gasteiger partial charge in [0.15, 0.2) is 11.5 Å². The maximum atomic E-state index is 11.2. The molecule has 1 rings (SSSR count). The van der Waals surface area contributed by atoms with Crippen LogP contribution < -0.4 is 4.74 Å². The predicted octanol–water partition coefficient (Wildman–Crippen LogP) is 0.864. The van der Waals surface area contributed by atoms with Crippen molar-refractivity contribution in [3.63, 3.8) is 0 Å². The number of phenols is 2. The normalized spacial score (nSPS) is 11.9. The highest BCUT2D eigenvalue weighted by Crippen LogP contribution is 2.38. The van der Waals surface area contributed by atoms with Gasteiger partial charge in [0.05, 0.1) is 7.11 Å². The summed E-state index contributed by atoms with van der Waals surface area (Å²) in [5.74, 6) is -4.42. The zero-order valence-electron chi connectivity index (χ0n) is 9.30. The third-order valence-electron chi connectivity index (χ3n) is 2.28. The largest absolute Gasteiger partial charge is 0.504 e. The number of ether oxygens (including phenoxy) is 1. The topological polar surface area (TPSA) is 104 Å². The summed E-state index contributed by atoms with van der Waals surface area (Å²) >= 11 is 0. The maximum Gasteiger partial charge on any atom is 0.318 e. The van der Waals surface area contributed by atoms with Gasteiger partial charge < -0.3 is 20.1 Å². The summed E-state index contributed by atoms with van der Waals surface area (Å²) in [6.45, 7) is 1.13. The molecule has 1 aromatic carbocycles. The Morgan fingerprint density at radius 2 is 1.88 bits per heavy atom. The first-order chi connectivity index (χ1) is 7.88. The Morgan fingerprint density at radius 3 is 2.29 bits per heavy atom. The van der Waals surface area contributed by atoms with Crippen molar-refractivity contribution >= 4 is 11.8 Å². The molecule has 0 spiro atoms. The number of hydrogen-bond donors (Lipinski definition) is 3. The first-order valence-electron chi connectivity index (χ1n) is 4.71. The molecule has 0 amide bonds. The van der Waals surface area contributed by atoms with E-state index in [2.05, 4.69) is 0 Å². The van der Waals surface area contributed by atoms with E-state index in [1.807, 2.05) is 0 Å². The number of carbonyl (C=O) groups is 2. The van der Waals surface area contributed by atoms with Gasteiger partial charge in [-0.25, -0.2) is 0 Å². The lowest BCUT2D eigenvalue weighted by atomic mass is 9.95. The van der Waals surface area contributed by atoms with Crippen LogP contribution in [0.25, 0.3) is 0 Å². The van der Waals surface area contributed by atoms with E-state index in [0.717, 1.165) is 13.0 Å². The molecule has 0 aliphatic carbocycles. The van der Waals surface area contributed by atoms with Crippen LogP contribution in [0.4, 0.5) is 0 Å². The van der Waals surface area contributed by atoms with Crippen molar-refractivity contribution in [1.82, 2.24) is 0 Å². The fourth-order valence-corrected chi connectivity index (χ4v) is 1.49. The molecule has 1 unspecified atom stereocenters. The van der Waals surface area contributed by atoms with Gasteiger partial charge in [0, 0.05) is 0 Å². The second-order valence-corrected chi connectivity index (χ2v) is 3.47. The fraction of sp³-hybridized carbons (Fsp3) is 0.273. The molecule has 17 heavy (non-hydrogen) atoms. The molecule has 6 nitrogen and oxygen atoms in total. The Labute approximate surface area is 97.1 Å². The number of rotatable bonds is 4. The summed E-state index contributed by atoms with van der Waals surface area (Å²) in [4.78, 5) is 22.1. The molecular weight excluding hydrogens is 228 g/mol. The van der Waals surface area contributed by atoms with Crippen molar-refractivity contribution in [3.05, 3.63) is 17.7 Å². The first-order valence-corrected chi connectivity index (χ1v) is 4.71. The van der Waals surface area contributed by atoms with Crippen LogP contribution in [-0.4, -0.2) is 34.2 Å². The quantitative estimate of drug-likeness (QED) is 0.532. The number of aliphatic carboxylic acids is 1. The van der Waals surface area contributed by atoms with Crippen LogP contribution in [0.2, 0.25) is 0 Å². The van der Waals surface area contributed by atoms with Crippen molar-refractivity contribution in [2.24, 2.45) is 0 Å². The Kier molecular flexibility index (Phi) is 3.57. The molecule has 6 heteroatoms. The lowest BCUT2D eigenvalue weighted by molar-refractivity contribution is -0.142. The van der Waals surface area contributed by atoms with Crippen LogP contribution in [0.1, 0.15) is 18.4 Å². The highest BCUT2D eigenvalue weighted by Gasteiger charge is 2.27. The number of carboxylic acids is 1. The third-order valence-corrected chi connectivity index (χ3v) is 2.28. The zero-order chi connectivity index (χ0) is 13.2. The van der Waals surface area contributed by atoms with Crippen LogP contribution >= 0.6 is 0 Å². The minimum absolute atomic E-state index is 0.0529. The van der Waals surface area contributed by atoms with E-state index in [0.29, 0.717) is 0 Å². The lowest BCUT2D eigenvalue weighted by Crippen LogP contribution is -2.19. The Morgan fingerprint density at radius 1 is 1.29 bits per heavy atom. The molecule has 1 atom stereocenters. The summed E-state index contributed by atoms with van der Waals surface area (Å²) in [6.07, 6.45) is 0. The number of ketones is 1. The van der Waals surface area contributed by atoms with Gasteiger partial charge in [-0.05, 0) is 24.6 Å². The van der Waals surface area contributed by atoms with Crippen molar-refractivity contribution in [2.45, 2.75) is 12.8 Å². The number of hydrogen-bond acceptors (Lipinski definition) is 5. The van der Waals surface area contributed by atoms with Gasteiger partial charge in [0.25, 0.3) is 0 Å². The minimum Gasteiger partial charge on any atom is -0.504 e. The summed E-state index contributed by atoms with van der Waals surface area (Å²) in [5.41, 5.74) is 0.0529. The SMILES string of the molecule is COc1cc(C(C(C)=O)C(=O)O)cc(O)c1O. The standard InChI is InChI=1S/C11H12O6/c1-5(12)9(11(15)16)6-3-7(13)10(14)8(4-6)17-2/h3-4,9,13-14H,1-2H3,(H,15,16). The number of benzene rings is 1. The number of methoxy groups -OCH3 is 1. The summed E-state index contributed by atoms with van der Waals surface area (Å²) < 4.78 is 4.76. The van der Waals surface area contributed by atoms with Crippen LogP contribution in [0, 0.1) is 0 Å². The van der Waals surface area contributed by atoms with E-state index < -0.39 is 29.2 Å². The molecule has 3 N–H and O–H groups in total. The Bertz CT molecular complexity index is 451. The second-order valence-electron chi connectivity index (χ2n) is 3.47. The second kappa shape index (κ2) is 4.73. The van der Waals surface area contributed by atoms with E-state index in [1.165, 1.54) is 13.2 Å². The molecule has 0 aliphatic rings. The fourth-order valence-electron chi connectivity index (χ4n) is 1.49. The van der Waals surface area contributed by atoms with Crippen LogP contribution in [0.15, 0.2) is 12.1 Å². The van der Waals surface area contributed by atoms with E-state index in [9.17, 15) is 19.8 Å². The van der Waals surface area contributed by atoms with Crippen molar-refractivity contribution < 1.29 is 29.6 Å². The molecule has 1 aromatic rings. The monoisotopic (exact) mass is 240 g/mol. The van der Waals surface area contributed by atoms with Gasteiger partial charge >= 0.3 is 5.97 Å². The summed E-state index contributed by atoms with van der Waals surface area (Å²) in [6, 6.07) is 2.23. The molecular formula is C11H12O6. The Hall–Kier alpha value is -2.24. The first kappa shape index (κ1) is 12.8. The maximum absolute atomic E-state index is 11.2. The van der Waals surface area contributed by atoms with Gasteiger partial charge in [-0.1, -0.05) is 0 Å². The predicted molar refractivity (Wildman–Crippen MR) is 57.4 cm³/mol. The zero-order valence-corrected chi connectivity index (χ0v) is 9.30. The number of phenolic OH excluding ortho intramolecular Hbond substituents is 2. The smallest absolute Gasteiger partial charge is 0.318 e. The molecule has 0 aliphatic heterocycles. The van der Waals surface area contributed by atoms with Gasteiger partial charge in [0.1, 0.15) is 11.7 Å². The van der Waals surface area contributed by atoms with Crippen molar-refractivity contribution in [2.75, 3.05) is 7.11 Å². The highest BCUT2D eigenvalue weighted by atomic mass is 16.5. The Balaban J connectivity index is 3.35. The van der Waals surface area contributed by atoms with Crippen LogP contribution in [0.3, 0.4) is 0 Å².